The van der Waals surface area contributed by atoms with E-state index in [0.29, 0.717) is 53.0 Å². The highest BCUT2D eigenvalue weighted by atomic mass is 35.5. The molecule has 3 atom stereocenters. The lowest BCUT2D eigenvalue weighted by Crippen LogP contribution is -2.52. The van der Waals surface area contributed by atoms with Crippen LogP contribution in [0.4, 0.5) is 8.78 Å². The molecule has 4 fully saturated rings. The van der Waals surface area contributed by atoms with Gasteiger partial charge in [-0.25, -0.2) is 4.79 Å². The van der Waals surface area contributed by atoms with E-state index in [1.165, 1.54) is 29.8 Å². The normalized spacial score (nSPS) is 20.6. The van der Waals surface area contributed by atoms with Crippen molar-refractivity contribution in [2.75, 3.05) is 33.4 Å². The van der Waals surface area contributed by atoms with Gasteiger partial charge in [0.2, 0.25) is 0 Å². The van der Waals surface area contributed by atoms with Crippen LogP contribution in [0.5, 0.6) is 17.2 Å². The molecular weight excluding hydrogens is 747 g/mol. The van der Waals surface area contributed by atoms with E-state index < -0.39 is 12.7 Å². The zero-order chi connectivity index (χ0) is 37.1. The third-order valence-electron chi connectivity index (χ3n) is 10.3. The number of nitrogens with zero attached hydrogens (tertiary/aromatic N) is 2. The molecule has 3 saturated heterocycles. The number of hydrogen-bond acceptors (Lipinski definition) is 9. The second-order valence-electron chi connectivity index (χ2n) is 13.9. The molecule has 5 heterocycles. The van der Waals surface area contributed by atoms with Crippen LogP contribution in [0, 0.1) is 17.0 Å². The van der Waals surface area contributed by atoms with E-state index in [4.69, 9.17) is 42.1 Å². The Morgan fingerprint density at radius 1 is 1.02 bits per heavy atom. The SMILES string of the molecule is COc1ccccc1C(NCc1ccc([C@@H](Cc2c(Cl)c[n+]([O-])cc2Cl)c2ccc(OC(F)F)c(OCC3CC3)c2)s1)C(=O)O[C@H]1CN2CCC1CC2. The minimum atomic E-state index is -3.01. The molecule has 2 bridgehead atoms. The van der Waals surface area contributed by atoms with E-state index in [1.54, 1.807) is 19.2 Å². The van der Waals surface area contributed by atoms with Gasteiger partial charge in [-0.3, -0.25) is 10.2 Å². The van der Waals surface area contributed by atoms with Crippen LogP contribution < -0.4 is 24.3 Å². The molecule has 1 saturated carbocycles. The Morgan fingerprint density at radius 3 is 2.45 bits per heavy atom. The number of piperidine rings is 3. The number of carbonyl (C=O) groups excluding carboxylic acids is 1. The second kappa shape index (κ2) is 16.8. The van der Waals surface area contributed by atoms with Crippen molar-refractivity contribution < 1.29 is 37.3 Å². The van der Waals surface area contributed by atoms with Gasteiger partial charge >= 0.3 is 12.6 Å². The summed E-state index contributed by atoms with van der Waals surface area (Å²) in [7, 11) is 1.58. The topological polar surface area (TPSA) is 96.2 Å². The van der Waals surface area contributed by atoms with Gasteiger partial charge in [-0.15, -0.1) is 11.3 Å². The molecule has 4 aliphatic rings. The number of carbonyl (C=O) groups is 1. The first-order chi connectivity index (χ1) is 25.6. The van der Waals surface area contributed by atoms with Gasteiger partial charge in [-0.2, -0.15) is 13.5 Å². The summed E-state index contributed by atoms with van der Waals surface area (Å²) in [5, 5.41) is 15.9. The molecule has 8 rings (SSSR count). The van der Waals surface area contributed by atoms with Gasteiger partial charge in [0.1, 0.15) is 27.9 Å². The third kappa shape index (κ3) is 9.17. The van der Waals surface area contributed by atoms with Crippen LogP contribution in [0.3, 0.4) is 0 Å². The van der Waals surface area contributed by atoms with Crippen LogP contribution in [0.1, 0.15) is 64.1 Å². The summed E-state index contributed by atoms with van der Waals surface area (Å²) in [6.45, 7) is 0.558. The number of alkyl halides is 2. The Hall–Kier alpha value is -3.68. The van der Waals surface area contributed by atoms with E-state index in [0.717, 1.165) is 60.6 Å². The number of esters is 1. The first kappa shape index (κ1) is 37.6. The maximum atomic E-state index is 13.9. The lowest BCUT2D eigenvalue weighted by atomic mass is 9.86. The first-order valence-corrected chi connectivity index (χ1v) is 19.4. The van der Waals surface area contributed by atoms with Crippen LogP contribution in [-0.4, -0.2) is 56.9 Å². The first-order valence-electron chi connectivity index (χ1n) is 17.8. The molecule has 9 nitrogen and oxygen atoms in total. The van der Waals surface area contributed by atoms with Gasteiger partial charge in [0, 0.05) is 39.9 Å². The van der Waals surface area contributed by atoms with Crippen molar-refractivity contribution in [3.63, 3.8) is 0 Å². The highest BCUT2D eigenvalue weighted by molar-refractivity contribution is 7.12. The number of hydrogen-bond donors (Lipinski definition) is 1. The number of nitrogens with one attached hydrogen (secondary N) is 1. The van der Waals surface area contributed by atoms with Crippen molar-refractivity contribution >= 4 is 40.5 Å². The monoisotopic (exact) mass is 787 g/mol. The maximum absolute atomic E-state index is 13.9. The zero-order valence-electron chi connectivity index (χ0n) is 29.2. The molecule has 1 aliphatic carbocycles. The Bertz CT molecular complexity index is 1880. The van der Waals surface area contributed by atoms with E-state index in [1.807, 2.05) is 36.4 Å². The zero-order valence-corrected chi connectivity index (χ0v) is 31.5. The predicted octanol–water partition coefficient (Wildman–Crippen LogP) is 7.93. The number of benzene rings is 2. The summed E-state index contributed by atoms with van der Waals surface area (Å²) in [5.41, 5.74) is 2.01. The molecule has 1 unspecified atom stereocenters. The molecule has 282 valence electrons. The van der Waals surface area contributed by atoms with Crippen LogP contribution in [0.25, 0.3) is 0 Å². The standard InChI is InChI=1S/C39H41Cl2F2N3O6S/c1-49-32-5-3-2-4-27(32)37(38(47)51-35-21-45-14-12-24(35)13-15-45)44-18-26-9-11-36(53-26)28(17-29-30(40)19-46(48)20-31(29)41)25-8-10-33(52-39(42)43)34(16-25)50-22-23-6-7-23/h2-5,8-11,16,19-20,23-24,28,35,37,39,44H,6-7,12-15,17-18,21-22H2,1H3/t28-,35-,37?/m0/s1. The number of fused-ring (bicyclic) bond motifs is 3. The Morgan fingerprint density at radius 2 is 1.77 bits per heavy atom. The van der Waals surface area contributed by atoms with Crippen molar-refractivity contribution in [3.05, 3.63) is 109 Å². The van der Waals surface area contributed by atoms with Gasteiger partial charge in [-0.1, -0.05) is 47.5 Å². The van der Waals surface area contributed by atoms with Gasteiger partial charge in [0.15, 0.2) is 23.9 Å². The van der Waals surface area contributed by atoms with Crippen molar-refractivity contribution in [2.45, 2.75) is 63.3 Å². The maximum Gasteiger partial charge on any atom is 0.387 e. The smallest absolute Gasteiger partial charge is 0.387 e. The van der Waals surface area contributed by atoms with Gasteiger partial charge in [0.05, 0.1) is 13.7 Å². The molecule has 2 aromatic carbocycles. The molecule has 0 amide bonds. The molecule has 2 aromatic heterocycles. The van der Waals surface area contributed by atoms with Crippen molar-refractivity contribution in [1.82, 2.24) is 10.2 Å². The van der Waals surface area contributed by atoms with E-state index >= 15 is 0 Å². The Kier molecular flexibility index (Phi) is 11.9. The number of halogens is 4. The minimum Gasteiger partial charge on any atom is -0.619 e. The molecule has 4 aromatic rings. The fourth-order valence-electron chi connectivity index (χ4n) is 7.22. The van der Waals surface area contributed by atoms with Crippen molar-refractivity contribution in [3.8, 4) is 17.2 Å². The van der Waals surface area contributed by atoms with Crippen LogP contribution in [0.2, 0.25) is 10.0 Å². The lowest BCUT2D eigenvalue weighted by molar-refractivity contribution is -0.605. The molecule has 0 radical (unpaired) electrons. The average Bonchev–Trinajstić information content (AvgIpc) is 3.86. The largest absolute Gasteiger partial charge is 0.619 e. The average molecular weight is 789 g/mol. The number of aromatic nitrogens is 1. The minimum absolute atomic E-state index is 0.0464. The summed E-state index contributed by atoms with van der Waals surface area (Å²) in [5.74, 6) is 0.794. The van der Waals surface area contributed by atoms with E-state index in [-0.39, 0.29) is 39.5 Å². The van der Waals surface area contributed by atoms with Crippen LogP contribution in [-0.2, 0) is 22.5 Å². The fraction of sp³-hybridized carbons (Fsp3) is 0.436. The predicted molar refractivity (Wildman–Crippen MR) is 198 cm³/mol. The number of rotatable bonds is 16. The molecule has 14 heteroatoms. The molecule has 1 N–H and O–H groups in total. The van der Waals surface area contributed by atoms with Crippen LogP contribution >= 0.6 is 34.5 Å². The van der Waals surface area contributed by atoms with Crippen LogP contribution in [0.15, 0.2) is 67.0 Å². The number of ether oxygens (including phenoxy) is 4. The highest BCUT2D eigenvalue weighted by Gasteiger charge is 2.38. The molecule has 0 spiro atoms. The van der Waals surface area contributed by atoms with Gasteiger partial charge < -0.3 is 24.2 Å². The summed E-state index contributed by atoms with van der Waals surface area (Å²) in [6.07, 6.45) is 6.76. The van der Waals surface area contributed by atoms with E-state index in [2.05, 4.69) is 10.2 Å². The summed E-state index contributed by atoms with van der Waals surface area (Å²) in [4.78, 5) is 18.1. The summed E-state index contributed by atoms with van der Waals surface area (Å²) in [6, 6.07) is 15.6. The summed E-state index contributed by atoms with van der Waals surface area (Å²) >= 11 is 14.6. The molecule has 3 aliphatic heterocycles. The number of pyridine rings is 1. The van der Waals surface area contributed by atoms with Gasteiger partial charge in [0.25, 0.3) is 0 Å². The number of thiophene rings is 1. The lowest BCUT2D eigenvalue weighted by Gasteiger charge is -2.44. The van der Waals surface area contributed by atoms with Gasteiger partial charge in [-0.05, 0) is 92.9 Å². The van der Waals surface area contributed by atoms with Crippen molar-refractivity contribution in [1.29, 1.82) is 0 Å². The molecule has 53 heavy (non-hydrogen) atoms. The Balaban J connectivity index is 1.17. The quantitative estimate of drug-likeness (QED) is 0.0696. The number of para-hydroxylation sites is 1. The molecular formula is C39H41Cl2F2N3O6S. The summed E-state index contributed by atoms with van der Waals surface area (Å²) < 4.78 is 49.9. The Labute approximate surface area is 321 Å². The fourth-order valence-corrected chi connectivity index (χ4v) is 8.91. The third-order valence-corrected chi connectivity index (χ3v) is 12.1. The second-order valence-corrected chi connectivity index (χ2v) is 15.9. The highest BCUT2D eigenvalue weighted by Crippen LogP contribution is 2.41. The van der Waals surface area contributed by atoms with E-state index in [9.17, 15) is 18.8 Å². The number of methoxy groups -OCH3 is 1. The van der Waals surface area contributed by atoms with Crippen molar-refractivity contribution in [2.24, 2.45) is 11.8 Å².